The number of H-pyrrole nitrogens is 1. The van der Waals surface area contributed by atoms with Gasteiger partial charge in [-0.25, -0.2) is 0 Å². The summed E-state index contributed by atoms with van der Waals surface area (Å²) in [6.45, 7) is 4.26. The van der Waals surface area contributed by atoms with E-state index >= 15 is 0 Å². The van der Waals surface area contributed by atoms with E-state index in [4.69, 9.17) is 11.6 Å². The minimum Gasteiger partial charge on any atom is -0.493 e. The lowest BCUT2D eigenvalue weighted by molar-refractivity contribution is 0.451. The number of hydrogen-bond acceptors (Lipinski definition) is 4. The maximum atomic E-state index is 12.2. The highest BCUT2D eigenvalue weighted by atomic mass is 35.5. The Labute approximate surface area is 132 Å². The number of thioether (sulfide) groups is 1. The summed E-state index contributed by atoms with van der Waals surface area (Å²) in [6, 6.07) is 6.77. The van der Waals surface area contributed by atoms with Gasteiger partial charge in [-0.3, -0.25) is 4.79 Å². The summed E-state index contributed by atoms with van der Waals surface area (Å²) < 4.78 is 0. The number of aromatic amines is 1. The van der Waals surface area contributed by atoms with Crippen molar-refractivity contribution in [2.24, 2.45) is 5.92 Å². The Balaban J connectivity index is 2.28. The molecule has 0 fully saturated rings. The summed E-state index contributed by atoms with van der Waals surface area (Å²) in [7, 11) is 0. The lowest BCUT2D eigenvalue weighted by Crippen LogP contribution is -2.13. The molecule has 0 saturated heterocycles. The van der Waals surface area contributed by atoms with Gasteiger partial charge in [0.15, 0.2) is 0 Å². The molecule has 2 aromatic rings. The third kappa shape index (κ3) is 4.25. The molecule has 1 heterocycles. The zero-order chi connectivity index (χ0) is 15.4. The van der Waals surface area contributed by atoms with Gasteiger partial charge in [-0.2, -0.15) is 16.7 Å². The third-order valence-corrected chi connectivity index (χ3v) is 4.37. The molecule has 0 aliphatic carbocycles. The van der Waals surface area contributed by atoms with Gasteiger partial charge in [-0.15, -0.1) is 0 Å². The molecule has 1 aromatic heterocycles. The predicted molar refractivity (Wildman–Crippen MR) is 88.0 cm³/mol. The summed E-state index contributed by atoms with van der Waals surface area (Å²) in [5.41, 5.74) is 0.343. The first-order valence-corrected chi connectivity index (χ1v) is 8.16. The monoisotopic (exact) mass is 324 g/mol. The highest BCUT2D eigenvalue weighted by molar-refractivity contribution is 7.98. The van der Waals surface area contributed by atoms with Crippen LogP contribution in [0.4, 0.5) is 0 Å². The zero-order valence-corrected chi connectivity index (χ0v) is 13.5. The van der Waals surface area contributed by atoms with Gasteiger partial charge in [0.1, 0.15) is 11.4 Å². The van der Waals surface area contributed by atoms with Crippen LogP contribution in [-0.4, -0.2) is 20.8 Å². The van der Waals surface area contributed by atoms with Crippen molar-refractivity contribution >= 4 is 23.4 Å². The first kappa shape index (κ1) is 15.9. The standard InChI is InChI=1S/C15H17ClN2O2S/c1-9(2)7-21-8-12-17-14(19)13(15(20)18-12)10-4-3-5-11(16)6-10/h3-6,9H,7-8H2,1-2H3,(H2,17,18,19,20). The molecule has 0 atom stereocenters. The van der Waals surface area contributed by atoms with Gasteiger partial charge in [-0.1, -0.05) is 37.6 Å². The van der Waals surface area contributed by atoms with Gasteiger partial charge in [0, 0.05) is 5.02 Å². The van der Waals surface area contributed by atoms with Crippen molar-refractivity contribution in [2.75, 3.05) is 5.75 Å². The van der Waals surface area contributed by atoms with Crippen LogP contribution in [0.25, 0.3) is 11.1 Å². The number of benzene rings is 1. The summed E-state index contributed by atoms with van der Waals surface area (Å²) in [6.07, 6.45) is 0. The minimum atomic E-state index is -0.357. The number of rotatable bonds is 5. The summed E-state index contributed by atoms with van der Waals surface area (Å²) in [5.74, 6) is 2.33. The summed E-state index contributed by atoms with van der Waals surface area (Å²) >= 11 is 7.58. The fraction of sp³-hybridized carbons (Fsp3) is 0.333. The Hall–Kier alpha value is -1.46. The molecule has 0 aliphatic rings. The van der Waals surface area contributed by atoms with Crippen molar-refractivity contribution < 1.29 is 5.11 Å². The first-order chi connectivity index (χ1) is 9.97. The summed E-state index contributed by atoms with van der Waals surface area (Å²) in [4.78, 5) is 19.0. The highest BCUT2D eigenvalue weighted by Gasteiger charge is 2.13. The van der Waals surface area contributed by atoms with Crippen molar-refractivity contribution in [1.29, 1.82) is 0 Å². The molecule has 0 bridgehead atoms. The second-order valence-electron chi connectivity index (χ2n) is 5.13. The zero-order valence-electron chi connectivity index (χ0n) is 11.9. The topological polar surface area (TPSA) is 66.0 Å². The van der Waals surface area contributed by atoms with Crippen LogP contribution in [0.2, 0.25) is 5.02 Å². The molecule has 0 aliphatic heterocycles. The maximum Gasteiger partial charge on any atom is 0.262 e. The van der Waals surface area contributed by atoms with Crippen molar-refractivity contribution in [3.63, 3.8) is 0 Å². The molecule has 6 heteroatoms. The molecule has 0 radical (unpaired) electrons. The molecule has 4 nitrogen and oxygen atoms in total. The Morgan fingerprint density at radius 1 is 1.43 bits per heavy atom. The fourth-order valence-corrected chi connectivity index (χ4v) is 2.98. The molecule has 21 heavy (non-hydrogen) atoms. The summed E-state index contributed by atoms with van der Waals surface area (Å²) in [5, 5.41) is 10.5. The van der Waals surface area contributed by atoms with Crippen molar-refractivity contribution in [3.05, 3.63) is 45.5 Å². The number of aromatic nitrogens is 2. The SMILES string of the molecule is CC(C)CSCc1nc(O)c(-c2cccc(Cl)c2)c(=O)[nH]1. The number of hydrogen-bond donors (Lipinski definition) is 2. The Morgan fingerprint density at radius 3 is 2.81 bits per heavy atom. The van der Waals surface area contributed by atoms with Gasteiger partial charge < -0.3 is 10.1 Å². The second-order valence-corrected chi connectivity index (χ2v) is 6.60. The largest absolute Gasteiger partial charge is 0.493 e. The molecule has 1 aromatic carbocycles. The quantitative estimate of drug-likeness (QED) is 0.880. The number of nitrogens with zero attached hydrogens (tertiary/aromatic N) is 1. The molecule has 2 N–H and O–H groups in total. The van der Waals surface area contributed by atoms with Crippen LogP contribution in [0.5, 0.6) is 5.88 Å². The van der Waals surface area contributed by atoms with Crippen molar-refractivity contribution in [3.8, 4) is 17.0 Å². The third-order valence-electron chi connectivity index (χ3n) is 2.75. The van der Waals surface area contributed by atoms with Crippen LogP contribution in [0.3, 0.4) is 0 Å². The predicted octanol–water partition coefficient (Wildman–Crippen LogP) is 3.69. The van der Waals surface area contributed by atoms with Crippen LogP contribution < -0.4 is 5.56 Å². The Bertz CT molecular complexity index is 686. The van der Waals surface area contributed by atoms with E-state index in [0.29, 0.717) is 28.1 Å². The van der Waals surface area contributed by atoms with E-state index in [9.17, 15) is 9.90 Å². The molecule has 0 unspecified atom stereocenters. The minimum absolute atomic E-state index is 0.148. The van der Waals surface area contributed by atoms with Crippen molar-refractivity contribution in [1.82, 2.24) is 9.97 Å². The van der Waals surface area contributed by atoms with Crippen LogP contribution in [0, 0.1) is 5.92 Å². The van der Waals surface area contributed by atoms with Gasteiger partial charge in [0.2, 0.25) is 5.88 Å². The van der Waals surface area contributed by atoms with E-state index in [-0.39, 0.29) is 17.0 Å². The lowest BCUT2D eigenvalue weighted by Gasteiger charge is -2.07. The first-order valence-electron chi connectivity index (χ1n) is 6.63. The van der Waals surface area contributed by atoms with E-state index in [1.807, 2.05) is 0 Å². The molecule has 2 rings (SSSR count). The lowest BCUT2D eigenvalue weighted by atomic mass is 10.1. The molecular formula is C15H17ClN2O2S. The van der Waals surface area contributed by atoms with E-state index in [1.165, 1.54) is 0 Å². The number of nitrogens with one attached hydrogen (secondary N) is 1. The molecular weight excluding hydrogens is 308 g/mol. The average Bonchev–Trinajstić information content (AvgIpc) is 2.37. The van der Waals surface area contributed by atoms with Crippen LogP contribution in [0.1, 0.15) is 19.7 Å². The fourth-order valence-electron chi connectivity index (χ4n) is 1.87. The molecule has 0 amide bonds. The van der Waals surface area contributed by atoms with Gasteiger partial charge in [-0.05, 0) is 29.4 Å². The van der Waals surface area contributed by atoms with E-state index in [1.54, 1.807) is 36.0 Å². The van der Waals surface area contributed by atoms with Crippen LogP contribution in [0.15, 0.2) is 29.1 Å². The number of aromatic hydroxyl groups is 1. The number of halogens is 1. The highest BCUT2D eigenvalue weighted by Crippen LogP contribution is 2.26. The Morgan fingerprint density at radius 2 is 2.19 bits per heavy atom. The van der Waals surface area contributed by atoms with Crippen molar-refractivity contribution in [2.45, 2.75) is 19.6 Å². The molecule has 0 saturated carbocycles. The normalized spacial score (nSPS) is 11.0. The van der Waals surface area contributed by atoms with E-state index in [0.717, 1.165) is 5.75 Å². The molecule has 0 spiro atoms. The van der Waals surface area contributed by atoms with Crippen LogP contribution in [-0.2, 0) is 5.75 Å². The van der Waals surface area contributed by atoms with E-state index < -0.39 is 0 Å². The van der Waals surface area contributed by atoms with Gasteiger partial charge >= 0.3 is 0 Å². The van der Waals surface area contributed by atoms with Gasteiger partial charge in [0.05, 0.1) is 5.75 Å². The van der Waals surface area contributed by atoms with E-state index in [2.05, 4.69) is 23.8 Å². The average molecular weight is 325 g/mol. The second kappa shape index (κ2) is 7.00. The van der Waals surface area contributed by atoms with Gasteiger partial charge in [0.25, 0.3) is 5.56 Å². The maximum absolute atomic E-state index is 12.2. The van der Waals surface area contributed by atoms with Crippen LogP contribution >= 0.6 is 23.4 Å². The molecule has 112 valence electrons. The smallest absolute Gasteiger partial charge is 0.262 e. The Kier molecular flexibility index (Phi) is 5.31.